The van der Waals surface area contributed by atoms with E-state index in [0.29, 0.717) is 12.2 Å². The number of carboxylic acid groups (broad SMARTS) is 1. The summed E-state index contributed by atoms with van der Waals surface area (Å²) in [6, 6.07) is 7.25. The zero-order chi connectivity index (χ0) is 20.3. The van der Waals surface area contributed by atoms with E-state index in [0.717, 1.165) is 11.8 Å². The third-order valence-electron chi connectivity index (χ3n) is 3.58. The first-order valence-corrected chi connectivity index (χ1v) is 9.15. The Bertz CT molecular complexity index is 1080. The van der Waals surface area contributed by atoms with Gasteiger partial charge in [-0.2, -0.15) is 0 Å². The van der Waals surface area contributed by atoms with Crippen LogP contribution in [0.15, 0.2) is 44.8 Å². The zero-order valence-electron chi connectivity index (χ0n) is 14.4. The molecule has 0 bridgehead atoms. The normalized spacial score (nSPS) is 11.6. The fourth-order valence-electron chi connectivity index (χ4n) is 2.28. The summed E-state index contributed by atoms with van der Waals surface area (Å²) in [5.41, 5.74) is 0.0261. The van der Waals surface area contributed by atoms with Gasteiger partial charge in [0.05, 0.1) is 10.5 Å². The smallest absolute Gasteiger partial charge is 0.342 e. The number of nitro benzene ring substituents is 1. The number of thioether (sulfide) groups is 1. The van der Waals surface area contributed by atoms with Crippen LogP contribution >= 0.6 is 23.4 Å². The molecule has 3 aromatic rings. The van der Waals surface area contributed by atoms with Gasteiger partial charge >= 0.3 is 5.97 Å². The van der Waals surface area contributed by atoms with Crippen LogP contribution in [0.2, 0.25) is 5.02 Å². The maximum absolute atomic E-state index is 11.5. The Hall–Kier alpha value is -3.11. The molecule has 1 aromatic carbocycles. The zero-order valence-corrected chi connectivity index (χ0v) is 16.0. The maximum atomic E-state index is 11.5. The van der Waals surface area contributed by atoms with Crippen molar-refractivity contribution in [2.75, 3.05) is 0 Å². The van der Waals surface area contributed by atoms with Crippen LogP contribution in [0.25, 0.3) is 17.4 Å². The standard InChI is InChI=1S/C17H13ClN4O5S/c1-2-15-19-17(21-20-15)28-14(16(23)24)8-10-4-6-13(27-10)11-5-3-9(18)7-12(11)22(25)26/h3-8H,2H2,1H3,(H,23,24)(H,19,20,21)/b14-8-. The highest BCUT2D eigenvalue weighted by Crippen LogP contribution is 2.34. The summed E-state index contributed by atoms with van der Waals surface area (Å²) in [5.74, 6) is -0.100. The molecule has 144 valence electrons. The molecule has 0 spiro atoms. The molecule has 0 aliphatic rings. The molecule has 0 fully saturated rings. The topological polar surface area (TPSA) is 135 Å². The van der Waals surface area contributed by atoms with E-state index in [9.17, 15) is 20.0 Å². The number of hydrogen-bond donors (Lipinski definition) is 2. The predicted octanol–water partition coefficient (Wildman–Crippen LogP) is 4.41. The predicted molar refractivity (Wildman–Crippen MR) is 103 cm³/mol. The number of nitro groups is 1. The summed E-state index contributed by atoms with van der Waals surface area (Å²) in [6.45, 7) is 1.89. The van der Waals surface area contributed by atoms with E-state index >= 15 is 0 Å². The van der Waals surface area contributed by atoms with Crippen molar-refractivity contribution in [3.8, 4) is 11.3 Å². The van der Waals surface area contributed by atoms with Crippen molar-refractivity contribution in [1.82, 2.24) is 15.2 Å². The van der Waals surface area contributed by atoms with Crippen molar-refractivity contribution in [2.24, 2.45) is 0 Å². The van der Waals surface area contributed by atoms with Crippen molar-refractivity contribution in [1.29, 1.82) is 0 Å². The van der Waals surface area contributed by atoms with E-state index in [2.05, 4.69) is 15.2 Å². The van der Waals surface area contributed by atoms with Gasteiger partial charge in [0.2, 0.25) is 5.16 Å². The van der Waals surface area contributed by atoms with E-state index in [1.54, 1.807) is 0 Å². The number of carboxylic acids is 1. The molecule has 0 unspecified atom stereocenters. The molecule has 0 atom stereocenters. The van der Waals surface area contributed by atoms with Crippen LogP contribution in [-0.4, -0.2) is 31.2 Å². The molecule has 11 heteroatoms. The second-order valence-electron chi connectivity index (χ2n) is 5.45. The van der Waals surface area contributed by atoms with Crippen molar-refractivity contribution in [2.45, 2.75) is 18.5 Å². The first-order valence-electron chi connectivity index (χ1n) is 7.95. The SMILES string of the molecule is CCc1nc(S/C(=C\c2ccc(-c3ccc(Cl)cc3[N+](=O)[O-])o2)C(=O)O)n[nH]1. The van der Waals surface area contributed by atoms with Crippen molar-refractivity contribution in [3.05, 3.63) is 62.0 Å². The van der Waals surface area contributed by atoms with Gasteiger partial charge in [0.15, 0.2) is 0 Å². The lowest BCUT2D eigenvalue weighted by atomic mass is 10.1. The molecule has 2 aromatic heterocycles. The van der Waals surface area contributed by atoms with Crippen molar-refractivity contribution in [3.63, 3.8) is 0 Å². The number of rotatable bonds is 7. The summed E-state index contributed by atoms with van der Waals surface area (Å²) in [5, 5.41) is 27.8. The van der Waals surface area contributed by atoms with E-state index in [1.807, 2.05) is 6.92 Å². The van der Waals surface area contributed by atoms with Gasteiger partial charge < -0.3 is 9.52 Å². The van der Waals surface area contributed by atoms with Gasteiger partial charge in [-0.05, 0) is 36.0 Å². The minimum atomic E-state index is -1.18. The van der Waals surface area contributed by atoms with Crippen molar-refractivity contribution >= 4 is 41.1 Å². The summed E-state index contributed by atoms with van der Waals surface area (Å²) < 4.78 is 5.60. The lowest BCUT2D eigenvalue weighted by molar-refractivity contribution is -0.384. The Morgan fingerprint density at radius 3 is 2.86 bits per heavy atom. The molecule has 28 heavy (non-hydrogen) atoms. The molecular formula is C17H13ClN4O5S. The number of benzene rings is 1. The summed E-state index contributed by atoms with van der Waals surface area (Å²) in [6.07, 6.45) is 1.95. The second-order valence-corrected chi connectivity index (χ2v) is 6.90. The average molecular weight is 421 g/mol. The third-order valence-corrected chi connectivity index (χ3v) is 4.69. The number of furan rings is 1. The summed E-state index contributed by atoms with van der Waals surface area (Å²) in [4.78, 5) is 26.3. The largest absolute Gasteiger partial charge is 0.477 e. The van der Waals surface area contributed by atoms with Crippen LogP contribution in [0.5, 0.6) is 0 Å². The quantitative estimate of drug-likeness (QED) is 0.248. The fourth-order valence-corrected chi connectivity index (χ4v) is 3.16. The number of nitrogens with one attached hydrogen (secondary N) is 1. The van der Waals surface area contributed by atoms with Crippen LogP contribution < -0.4 is 0 Å². The van der Waals surface area contributed by atoms with Gasteiger partial charge in [-0.15, -0.1) is 5.10 Å². The highest BCUT2D eigenvalue weighted by atomic mass is 35.5. The molecule has 0 radical (unpaired) electrons. The van der Waals surface area contributed by atoms with Crippen LogP contribution in [0.3, 0.4) is 0 Å². The summed E-state index contributed by atoms with van der Waals surface area (Å²) >= 11 is 6.68. The van der Waals surface area contributed by atoms with Gasteiger partial charge in [0.1, 0.15) is 22.3 Å². The molecule has 0 saturated heterocycles. The van der Waals surface area contributed by atoms with E-state index in [-0.39, 0.29) is 37.9 Å². The van der Waals surface area contributed by atoms with Crippen LogP contribution in [0.4, 0.5) is 5.69 Å². The van der Waals surface area contributed by atoms with Gasteiger partial charge in [0, 0.05) is 23.6 Å². The number of H-pyrrole nitrogens is 1. The third kappa shape index (κ3) is 4.41. The minimum absolute atomic E-state index is 0.0619. The van der Waals surface area contributed by atoms with Gasteiger partial charge in [-0.3, -0.25) is 15.2 Å². The number of nitrogens with zero attached hydrogens (tertiary/aromatic N) is 3. The number of aromatic amines is 1. The lowest BCUT2D eigenvalue weighted by Gasteiger charge is -2.00. The van der Waals surface area contributed by atoms with Crippen LogP contribution in [-0.2, 0) is 11.2 Å². The minimum Gasteiger partial charge on any atom is -0.477 e. The van der Waals surface area contributed by atoms with E-state index in [1.165, 1.54) is 36.4 Å². The van der Waals surface area contributed by atoms with Gasteiger partial charge in [-0.25, -0.2) is 9.78 Å². The maximum Gasteiger partial charge on any atom is 0.342 e. The molecule has 0 saturated carbocycles. The Morgan fingerprint density at radius 2 is 2.21 bits per heavy atom. The first kappa shape index (κ1) is 19.6. The molecular weight excluding hydrogens is 408 g/mol. The summed E-state index contributed by atoms with van der Waals surface area (Å²) in [7, 11) is 0. The molecule has 2 heterocycles. The Morgan fingerprint density at radius 1 is 1.43 bits per heavy atom. The number of hydrogen-bond acceptors (Lipinski definition) is 7. The molecule has 9 nitrogen and oxygen atoms in total. The lowest BCUT2D eigenvalue weighted by Crippen LogP contribution is -1.97. The molecule has 0 aliphatic heterocycles. The number of carbonyl (C=O) groups is 1. The Labute approximate surface area is 167 Å². The molecule has 2 N–H and O–H groups in total. The van der Waals surface area contributed by atoms with Crippen LogP contribution in [0, 0.1) is 10.1 Å². The first-order chi connectivity index (χ1) is 13.4. The van der Waals surface area contributed by atoms with Gasteiger partial charge in [0.25, 0.3) is 5.69 Å². The second kappa shape index (κ2) is 8.28. The van der Waals surface area contributed by atoms with Crippen LogP contribution in [0.1, 0.15) is 18.5 Å². The number of halogens is 1. The number of aryl methyl sites for hydroxylation is 1. The molecule has 0 aliphatic carbocycles. The molecule has 0 amide bonds. The monoisotopic (exact) mass is 420 g/mol. The van der Waals surface area contributed by atoms with E-state index in [4.69, 9.17) is 16.0 Å². The number of aliphatic carboxylic acids is 1. The van der Waals surface area contributed by atoms with Crippen molar-refractivity contribution < 1.29 is 19.2 Å². The molecule has 3 rings (SSSR count). The van der Waals surface area contributed by atoms with Gasteiger partial charge in [-0.1, -0.05) is 18.5 Å². The number of aromatic nitrogens is 3. The van der Waals surface area contributed by atoms with E-state index < -0.39 is 10.9 Å². The highest BCUT2D eigenvalue weighted by molar-refractivity contribution is 8.04. The Kier molecular flexibility index (Phi) is 5.81. The fraction of sp³-hybridized carbons (Fsp3) is 0.118. The average Bonchev–Trinajstić information content (AvgIpc) is 3.30. The Balaban J connectivity index is 1.91. The highest BCUT2D eigenvalue weighted by Gasteiger charge is 2.19.